The van der Waals surface area contributed by atoms with Crippen LogP contribution < -0.4 is 4.90 Å². The molecule has 0 aromatic carbocycles. The number of likely N-dealkylation sites (tertiary alicyclic amines) is 1. The third-order valence-corrected chi connectivity index (χ3v) is 7.34. The van der Waals surface area contributed by atoms with Gasteiger partial charge >= 0.3 is 0 Å². The molecule has 0 bridgehead atoms. The zero-order valence-corrected chi connectivity index (χ0v) is 16.7. The lowest BCUT2D eigenvalue weighted by Crippen LogP contribution is -2.54. The van der Waals surface area contributed by atoms with Crippen molar-refractivity contribution in [1.29, 1.82) is 0 Å². The summed E-state index contributed by atoms with van der Waals surface area (Å²) in [5.74, 6) is 2.35. The van der Waals surface area contributed by atoms with E-state index in [2.05, 4.69) is 43.7 Å². The normalized spacial score (nSPS) is 31.7. The second-order valence-corrected chi connectivity index (χ2v) is 8.69. The number of hydrogen-bond donors (Lipinski definition) is 0. The molecule has 7 heteroatoms. The molecule has 1 amide bonds. The van der Waals surface area contributed by atoms with E-state index in [1.54, 1.807) is 7.11 Å². The van der Waals surface area contributed by atoms with Gasteiger partial charge in [0, 0.05) is 45.1 Å². The maximum atomic E-state index is 13.3. The first-order chi connectivity index (χ1) is 14.2. The zero-order valence-electron chi connectivity index (χ0n) is 16.7. The molecule has 2 saturated heterocycles. The third-order valence-electron chi connectivity index (χ3n) is 7.34. The molecule has 1 aliphatic carbocycles. The molecule has 152 valence electrons. The van der Waals surface area contributed by atoms with Crippen LogP contribution in [-0.4, -0.2) is 66.9 Å². The molecule has 1 unspecified atom stereocenters. The topological polar surface area (TPSA) is 59.8 Å². The van der Waals surface area contributed by atoms with Gasteiger partial charge in [0.05, 0.1) is 31.2 Å². The monoisotopic (exact) mass is 394 g/mol. The van der Waals surface area contributed by atoms with Crippen molar-refractivity contribution in [2.75, 3.05) is 51.5 Å². The van der Waals surface area contributed by atoms with Gasteiger partial charge in [-0.05, 0) is 42.5 Å². The average Bonchev–Trinajstić information content (AvgIpc) is 3.23. The Balaban J connectivity index is 1.37. The largest absolute Gasteiger partial charge is 0.383 e. The Kier molecular flexibility index (Phi) is 3.80. The van der Waals surface area contributed by atoms with Crippen LogP contribution in [0.4, 0.5) is 5.69 Å². The van der Waals surface area contributed by atoms with Crippen molar-refractivity contribution in [3.8, 4) is 5.82 Å². The Labute approximate surface area is 170 Å². The van der Waals surface area contributed by atoms with Crippen LogP contribution in [0, 0.1) is 17.8 Å². The van der Waals surface area contributed by atoms with Crippen molar-refractivity contribution >= 4 is 11.6 Å². The van der Waals surface area contributed by atoms with Crippen molar-refractivity contribution in [3.05, 3.63) is 42.4 Å². The Hall–Kier alpha value is -2.38. The summed E-state index contributed by atoms with van der Waals surface area (Å²) in [4.78, 5) is 22.5. The van der Waals surface area contributed by atoms with Crippen LogP contribution in [0.25, 0.3) is 5.82 Å². The van der Waals surface area contributed by atoms with Crippen molar-refractivity contribution in [3.63, 3.8) is 0 Å². The molecule has 0 N–H and O–H groups in total. The average molecular weight is 394 g/mol. The van der Waals surface area contributed by atoms with Crippen molar-refractivity contribution < 1.29 is 14.3 Å². The Morgan fingerprint density at radius 3 is 3.00 bits per heavy atom. The van der Waals surface area contributed by atoms with Crippen LogP contribution >= 0.6 is 0 Å². The fourth-order valence-corrected chi connectivity index (χ4v) is 5.84. The third kappa shape index (κ3) is 2.37. The molecule has 0 radical (unpaired) electrons. The van der Waals surface area contributed by atoms with E-state index >= 15 is 0 Å². The van der Waals surface area contributed by atoms with Gasteiger partial charge in [0.15, 0.2) is 5.82 Å². The molecule has 1 saturated carbocycles. The molecule has 3 fully saturated rings. The Morgan fingerprint density at radius 1 is 1.31 bits per heavy atom. The summed E-state index contributed by atoms with van der Waals surface area (Å²) in [7, 11) is 1.74. The van der Waals surface area contributed by atoms with E-state index in [1.807, 2.05) is 12.3 Å². The lowest BCUT2D eigenvalue weighted by Gasteiger charge is -2.47. The van der Waals surface area contributed by atoms with E-state index in [-0.39, 0.29) is 11.5 Å². The molecule has 7 nitrogen and oxygen atoms in total. The summed E-state index contributed by atoms with van der Waals surface area (Å²) < 4.78 is 13.1. The summed E-state index contributed by atoms with van der Waals surface area (Å²) >= 11 is 0. The van der Waals surface area contributed by atoms with Gasteiger partial charge in [-0.25, -0.2) is 4.98 Å². The number of fused-ring (bicyclic) bond motifs is 5. The Morgan fingerprint density at radius 2 is 2.17 bits per heavy atom. The standard InChI is InChI=1S/C22H26N4O3/c1-28-11-10-26-17-4-2-7-23-20(17)25-8-3-5-18(25)22(26)6-9-24(14-22)21(27)19-15-12-29-13-16(15)19/h2-5,7-8,15-16,19H,6,9-14H2,1H3/t15-,16+,19?,22-/m1/s1. The predicted molar refractivity (Wildman–Crippen MR) is 107 cm³/mol. The number of aromatic nitrogens is 2. The number of rotatable bonds is 4. The number of ether oxygens (including phenoxy) is 2. The molecule has 2 aromatic rings. The van der Waals surface area contributed by atoms with E-state index in [0.29, 0.717) is 30.9 Å². The van der Waals surface area contributed by atoms with Gasteiger partial charge in [0.2, 0.25) is 5.91 Å². The van der Waals surface area contributed by atoms with Crippen molar-refractivity contribution in [2.45, 2.75) is 12.0 Å². The van der Waals surface area contributed by atoms with E-state index in [1.165, 1.54) is 5.69 Å². The van der Waals surface area contributed by atoms with Crippen molar-refractivity contribution in [2.24, 2.45) is 17.8 Å². The molecule has 6 rings (SSSR count). The molecule has 4 aliphatic rings. The van der Waals surface area contributed by atoms with Crippen molar-refractivity contribution in [1.82, 2.24) is 14.5 Å². The quantitative estimate of drug-likeness (QED) is 0.789. The number of carbonyl (C=O) groups excluding carboxylic acids is 1. The van der Waals surface area contributed by atoms with Crippen LogP contribution in [-0.2, 0) is 19.8 Å². The van der Waals surface area contributed by atoms with E-state index in [4.69, 9.17) is 9.47 Å². The Bertz CT molecular complexity index is 949. The second-order valence-electron chi connectivity index (χ2n) is 8.69. The minimum absolute atomic E-state index is 0.177. The summed E-state index contributed by atoms with van der Waals surface area (Å²) in [6, 6.07) is 8.40. The zero-order chi connectivity index (χ0) is 19.6. The number of carbonyl (C=O) groups is 1. The number of nitrogens with zero attached hydrogens (tertiary/aromatic N) is 4. The highest BCUT2D eigenvalue weighted by molar-refractivity contribution is 5.83. The lowest BCUT2D eigenvalue weighted by atomic mass is 9.89. The number of methoxy groups -OCH3 is 1. The molecule has 4 atom stereocenters. The number of anilines is 1. The first-order valence-corrected chi connectivity index (χ1v) is 10.5. The van der Waals surface area contributed by atoms with Crippen LogP contribution in [0.3, 0.4) is 0 Å². The van der Waals surface area contributed by atoms with Gasteiger partial charge in [-0.15, -0.1) is 0 Å². The fraction of sp³-hybridized carbons (Fsp3) is 0.545. The van der Waals surface area contributed by atoms with Gasteiger partial charge in [0.25, 0.3) is 0 Å². The number of pyridine rings is 1. The smallest absolute Gasteiger partial charge is 0.226 e. The van der Waals surface area contributed by atoms with Gasteiger partial charge in [-0.3, -0.25) is 4.79 Å². The van der Waals surface area contributed by atoms with E-state index < -0.39 is 0 Å². The van der Waals surface area contributed by atoms with E-state index in [0.717, 1.165) is 44.2 Å². The highest BCUT2D eigenvalue weighted by Gasteiger charge is 2.60. The van der Waals surface area contributed by atoms with Crippen LogP contribution in [0.2, 0.25) is 0 Å². The maximum Gasteiger partial charge on any atom is 0.226 e. The molecular formula is C22H26N4O3. The van der Waals surface area contributed by atoms with Crippen LogP contribution in [0.5, 0.6) is 0 Å². The molecule has 5 heterocycles. The number of hydrogen-bond acceptors (Lipinski definition) is 5. The van der Waals surface area contributed by atoms with Gasteiger partial charge in [-0.1, -0.05) is 0 Å². The summed E-state index contributed by atoms with van der Waals surface area (Å²) in [5.41, 5.74) is 2.09. The SMILES string of the molecule is COCCN1c2cccnc2-n2cccc2[C@]12CCN(C(=O)C1[C@H]3COC[C@@H]13)C2. The minimum atomic E-state index is -0.242. The lowest BCUT2D eigenvalue weighted by molar-refractivity contribution is -0.133. The number of amides is 1. The first-order valence-electron chi connectivity index (χ1n) is 10.5. The first kappa shape index (κ1) is 17.5. The van der Waals surface area contributed by atoms with Gasteiger partial charge < -0.3 is 23.8 Å². The minimum Gasteiger partial charge on any atom is -0.383 e. The van der Waals surface area contributed by atoms with Gasteiger partial charge in [-0.2, -0.15) is 0 Å². The highest BCUT2D eigenvalue weighted by Crippen LogP contribution is 2.53. The molecule has 1 spiro atoms. The summed E-state index contributed by atoms with van der Waals surface area (Å²) in [5, 5.41) is 0. The van der Waals surface area contributed by atoms with Crippen LogP contribution in [0.1, 0.15) is 12.1 Å². The maximum absolute atomic E-state index is 13.3. The predicted octanol–water partition coefficient (Wildman–Crippen LogP) is 1.66. The molecule has 29 heavy (non-hydrogen) atoms. The molecule has 3 aliphatic heterocycles. The van der Waals surface area contributed by atoms with Gasteiger partial charge in [0.1, 0.15) is 5.54 Å². The highest BCUT2D eigenvalue weighted by atomic mass is 16.5. The van der Waals surface area contributed by atoms with E-state index in [9.17, 15) is 4.79 Å². The summed E-state index contributed by atoms with van der Waals surface area (Å²) in [6.45, 7) is 4.41. The molecular weight excluding hydrogens is 368 g/mol. The molecule has 2 aromatic heterocycles. The summed E-state index contributed by atoms with van der Waals surface area (Å²) in [6.07, 6.45) is 4.84. The van der Waals surface area contributed by atoms with Crippen LogP contribution in [0.15, 0.2) is 36.7 Å². The fourth-order valence-electron chi connectivity index (χ4n) is 5.84. The second kappa shape index (κ2) is 6.31.